The molecule has 7 heteroatoms. The molecule has 0 N–H and O–H groups in total. The van der Waals surface area contributed by atoms with Gasteiger partial charge in [-0.25, -0.2) is 14.0 Å². The monoisotopic (exact) mass is 284 g/mol. The summed E-state index contributed by atoms with van der Waals surface area (Å²) in [5.74, 6) is -5.77. The van der Waals surface area contributed by atoms with E-state index in [4.69, 9.17) is 18.9 Å². The van der Waals surface area contributed by atoms with Crippen LogP contribution in [0.4, 0.5) is 4.39 Å². The SMILES string of the molecule is CCOC(=O)C1(C(=O)OCC)Oc2cccc(F)c2O1. The maximum Gasteiger partial charge on any atom is 0.453 e. The Morgan fingerprint density at radius 2 is 1.75 bits per heavy atom. The first-order chi connectivity index (χ1) is 9.55. The number of para-hydroxylation sites is 1. The molecule has 0 amide bonds. The van der Waals surface area contributed by atoms with Gasteiger partial charge in [-0.1, -0.05) is 6.07 Å². The minimum Gasteiger partial charge on any atom is -0.460 e. The van der Waals surface area contributed by atoms with Crippen LogP contribution in [-0.2, 0) is 19.1 Å². The number of carbonyl (C=O) groups excluding carboxylic acids is 2. The van der Waals surface area contributed by atoms with Gasteiger partial charge in [-0.05, 0) is 26.0 Å². The molecule has 0 fully saturated rings. The number of rotatable bonds is 4. The fourth-order valence-corrected chi connectivity index (χ4v) is 1.69. The first-order valence-electron chi connectivity index (χ1n) is 6.06. The first kappa shape index (κ1) is 14.1. The van der Waals surface area contributed by atoms with Gasteiger partial charge < -0.3 is 18.9 Å². The number of hydrogen-bond acceptors (Lipinski definition) is 6. The Bertz CT molecular complexity index is 524. The molecular formula is C13H13FO6. The molecule has 1 aromatic rings. The van der Waals surface area contributed by atoms with E-state index in [1.807, 2.05) is 0 Å². The van der Waals surface area contributed by atoms with Crippen molar-refractivity contribution >= 4 is 11.9 Å². The average molecular weight is 284 g/mol. The molecule has 6 nitrogen and oxygen atoms in total. The highest BCUT2D eigenvalue weighted by atomic mass is 19.1. The number of hydrogen-bond donors (Lipinski definition) is 0. The highest BCUT2D eigenvalue weighted by molar-refractivity contribution is 6.03. The molecule has 1 aliphatic heterocycles. The van der Waals surface area contributed by atoms with Crippen LogP contribution in [0.5, 0.6) is 11.5 Å². The molecule has 1 aliphatic rings. The molecule has 2 rings (SSSR count). The zero-order valence-corrected chi connectivity index (χ0v) is 11.0. The third-order valence-corrected chi connectivity index (χ3v) is 2.52. The van der Waals surface area contributed by atoms with Gasteiger partial charge in [0.1, 0.15) is 0 Å². The number of halogens is 1. The van der Waals surface area contributed by atoms with E-state index < -0.39 is 23.5 Å². The largest absolute Gasteiger partial charge is 0.460 e. The van der Waals surface area contributed by atoms with Crippen LogP contribution in [0.25, 0.3) is 0 Å². The molecule has 20 heavy (non-hydrogen) atoms. The summed E-state index contributed by atoms with van der Waals surface area (Å²) in [6.45, 7) is 3.12. The zero-order chi connectivity index (χ0) is 14.8. The highest BCUT2D eigenvalue weighted by Gasteiger charge is 2.60. The van der Waals surface area contributed by atoms with Crippen LogP contribution < -0.4 is 9.47 Å². The lowest BCUT2D eigenvalue weighted by molar-refractivity contribution is -0.202. The molecule has 0 aliphatic carbocycles. The van der Waals surface area contributed by atoms with Crippen molar-refractivity contribution in [1.82, 2.24) is 0 Å². The number of ether oxygens (including phenoxy) is 4. The number of fused-ring (bicyclic) bond motifs is 1. The second-order valence-corrected chi connectivity index (χ2v) is 3.83. The summed E-state index contributed by atoms with van der Waals surface area (Å²) in [4.78, 5) is 23.9. The summed E-state index contributed by atoms with van der Waals surface area (Å²) in [5, 5.41) is 0. The second-order valence-electron chi connectivity index (χ2n) is 3.83. The summed E-state index contributed by atoms with van der Waals surface area (Å²) in [5.41, 5.74) is 0. The molecule has 0 aromatic heterocycles. The van der Waals surface area contributed by atoms with Crippen molar-refractivity contribution < 1.29 is 32.9 Å². The predicted octanol–water partition coefficient (Wildman–Crippen LogP) is 1.42. The van der Waals surface area contributed by atoms with Crippen LogP contribution in [-0.4, -0.2) is 30.9 Å². The molecule has 0 saturated heterocycles. The molecule has 0 unspecified atom stereocenters. The van der Waals surface area contributed by atoms with Crippen molar-refractivity contribution in [1.29, 1.82) is 0 Å². The highest BCUT2D eigenvalue weighted by Crippen LogP contribution is 2.42. The van der Waals surface area contributed by atoms with Gasteiger partial charge in [-0.2, -0.15) is 0 Å². The predicted molar refractivity (Wildman–Crippen MR) is 63.7 cm³/mol. The lowest BCUT2D eigenvalue weighted by atomic mass is 10.3. The van der Waals surface area contributed by atoms with Crippen molar-refractivity contribution in [2.75, 3.05) is 13.2 Å². The normalized spacial score (nSPS) is 14.8. The van der Waals surface area contributed by atoms with E-state index in [9.17, 15) is 14.0 Å². The Kier molecular flexibility index (Phi) is 3.78. The van der Waals surface area contributed by atoms with Crippen molar-refractivity contribution in [3.63, 3.8) is 0 Å². The van der Waals surface area contributed by atoms with E-state index in [-0.39, 0.29) is 24.7 Å². The molecule has 0 spiro atoms. The van der Waals surface area contributed by atoms with Crippen LogP contribution in [0, 0.1) is 5.82 Å². The number of benzene rings is 1. The summed E-state index contributed by atoms with van der Waals surface area (Å²) in [7, 11) is 0. The van der Waals surface area contributed by atoms with Crippen LogP contribution >= 0.6 is 0 Å². The van der Waals surface area contributed by atoms with Gasteiger partial charge in [0.05, 0.1) is 13.2 Å². The summed E-state index contributed by atoms with van der Waals surface area (Å²) in [6, 6.07) is 3.86. The third-order valence-electron chi connectivity index (χ3n) is 2.52. The second kappa shape index (κ2) is 5.36. The molecule has 0 saturated carbocycles. The molecular weight excluding hydrogens is 271 g/mol. The van der Waals surface area contributed by atoms with Gasteiger partial charge >= 0.3 is 17.7 Å². The summed E-state index contributed by atoms with van der Waals surface area (Å²) in [6.07, 6.45) is 0. The Hall–Kier alpha value is -2.31. The maximum absolute atomic E-state index is 13.6. The Labute approximate surface area is 114 Å². The minimum absolute atomic E-state index is 0.00549. The Morgan fingerprint density at radius 3 is 2.25 bits per heavy atom. The van der Waals surface area contributed by atoms with E-state index >= 15 is 0 Å². The topological polar surface area (TPSA) is 71.1 Å². The summed E-state index contributed by atoms with van der Waals surface area (Å²) < 4.78 is 33.4. The fraction of sp³-hybridized carbons (Fsp3) is 0.385. The van der Waals surface area contributed by atoms with Gasteiger partial charge in [0.25, 0.3) is 0 Å². The summed E-state index contributed by atoms with van der Waals surface area (Å²) >= 11 is 0. The van der Waals surface area contributed by atoms with Crippen molar-refractivity contribution in [3.8, 4) is 11.5 Å². The van der Waals surface area contributed by atoms with Gasteiger partial charge in [-0.15, -0.1) is 0 Å². The average Bonchev–Trinajstić information content (AvgIpc) is 2.82. The standard InChI is InChI=1S/C13H13FO6/c1-3-17-11(15)13(12(16)18-4-2)19-9-7-5-6-8(14)10(9)20-13/h5-7H,3-4H2,1-2H3. The van der Waals surface area contributed by atoms with Crippen molar-refractivity contribution in [2.45, 2.75) is 19.6 Å². The lowest BCUT2D eigenvalue weighted by Crippen LogP contribution is -2.56. The van der Waals surface area contributed by atoms with Gasteiger partial charge in [0.15, 0.2) is 11.6 Å². The smallest absolute Gasteiger partial charge is 0.453 e. The quantitative estimate of drug-likeness (QED) is 0.615. The van der Waals surface area contributed by atoms with E-state index in [2.05, 4.69) is 0 Å². The van der Waals surface area contributed by atoms with Crippen LogP contribution in [0.3, 0.4) is 0 Å². The Balaban J connectivity index is 2.40. The molecule has 0 atom stereocenters. The first-order valence-corrected chi connectivity index (χ1v) is 6.06. The van der Waals surface area contributed by atoms with E-state index in [1.165, 1.54) is 12.1 Å². The molecule has 0 radical (unpaired) electrons. The van der Waals surface area contributed by atoms with Crippen LogP contribution in [0.15, 0.2) is 18.2 Å². The Morgan fingerprint density at radius 1 is 1.15 bits per heavy atom. The molecule has 1 heterocycles. The maximum atomic E-state index is 13.6. The van der Waals surface area contributed by atoms with E-state index in [0.717, 1.165) is 6.07 Å². The van der Waals surface area contributed by atoms with Gasteiger partial charge in [0.2, 0.25) is 5.75 Å². The zero-order valence-electron chi connectivity index (χ0n) is 11.0. The fourth-order valence-electron chi connectivity index (χ4n) is 1.69. The van der Waals surface area contributed by atoms with Crippen molar-refractivity contribution in [3.05, 3.63) is 24.0 Å². The van der Waals surface area contributed by atoms with E-state index in [0.29, 0.717) is 0 Å². The number of carbonyl (C=O) groups is 2. The lowest BCUT2D eigenvalue weighted by Gasteiger charge is -2.22. The van der Waals surface area contributed by atoms with Gasteiger partial charge in [-0.3, -0.25) is 0 Å². The third kappa shape index (κ3) is 2.15. The van der Waals surface area contributed by atoms with Crippen LogP contribution in [0.2, 0.25) is 0 Å². The molecule has 0 bridgehead atoms. The van der Waals surface area contributed by atoms with Crippen molar-refractivity contribution in [2.24, 2.45) is 0 Å². The van der Waals surface area contributed by atoms with Crippen LogP contribution in [0.1, 0.15) is 13.8 Å². The minimum atomic E-state index is -2.45. The molecule has 1 aromatic carbocycles. The molecule has 108 valence electrons. The van der Waals surface area contributed by atoms with E-state index in [1.54, 1.807) is 13.8 Å². The van der Waals surface area contributed by atoms with Gasteiger partial charge in [0, 0.05) is 0 Å². The number of esters is 2.